The van der Waals surface area contributed by atoms with E-state index in [0.29, 0.717) is 6.04 Å². The normalized spacial score (nSPS) is 34.5. The first-order valence-electron chi connectivity index (χ1n) is 5.85. The number of nitrogens with zero attached hydrogens (tertiary/aromatic N) is 1. The summed E-state index contributed by atoms with van der Waals surface area (Å²) in [7, 11) is 0. The summed E-state index contributed by atoms with van der Waals surface area (Å²) >= 11 is 0. The van der Waals surface area contributed by atoms with Crippen molar-refractivity contribution in [1.82, 2.24) is 10.2 Å². The van der Waals surface area contributed by atoms with Gasteiger partial charge < -0.3 is 15.0 Å². The first-order valence-corrected chi connectivity index (χ1v) is 5.85. The maximum Gasteiger partial charge on any atom is 0.251 e. The van der Waals surface area contributed by atoms with Gasteiger partial charge in [0.25, 0.3) is 5.91 Å². The molecule has 2 heterocycles. The molecule has 2 atom stereocenters. The number of rotatable bonds is 1. The molecule has 2 rings (SSSR count). The Kier molecular flexibility index (Phi) is 3.26. The van der Waals surface area contributed by atoms with Crippen LogP contribution in [0.3, 0.4) is 0 Å². The molecule has 2 aliphatic rings. The topological polar surface area (TPSA) is 41.6 Å². The molecular weight excluding hydrogens is 192 g/mol. The summed E-state index contributed by atoms with van der Waals surface area (Å²) in [5.74, 6) is 0.167. The van der Waals surface area contributed by atoms with E-state index in [9.17, 15) is 4.79 Å². The molecule has 1 N–H and O–H groups in total. The lowest BCUT2D eigenvalue weighted by Crippen LogP contribution is -2.56. The Morgan fingerprint density at radius 2 is 2.00 bits per heavy atom. The molecule has 0 aromatic rings. The van der Waals surface area contributed by atoms with Crippen molar-refractivity contribution in [2.45, 2.75) is 44.9 Å². The van der Waals surface area contributed by atoms with Crippen molar-refractivity contribution in [2.75, 3.05) is 19.6 Å². The highest BCUT2D eigenvalue weighted by Crippen LogP contribution is 2.19. The van der Waals surface area contributed by atoms with Gasteiger partial charge in [0.15, 0.2) is 0 Å². The van der Waals surface area contributed by atoms with Crippen molar-refractivity contribution in [2.24, 2.45) is 0 Å². The number of hydrogen-bond acceptors (Lipinski definition) is 3. The third kappa shape index (κ3) is 2.32. The van der Waals surface area contributed by atoms with Crippen molar-refractivity contribution in [3.8, 4) is 0 Å². The molecule has 1 amide bonds. The molecule has 4 heteroatoms. The fourth-order valence-corrected chi connectivity index (χ4v) is 2.50. The number of carbonyl (C=O) groups excluding carboxylic acids is 1. The molecule has 0 aromatic heterocycles. The molecule has 0 bridgehead atoms. The van der Waals surface area contributed by atoms with Crippen molar-refractivity contribution >= 4 is 5.91 Å². The predicted octanol–water partition coefficient (Wildman–Crippen LogP) is 0.374. The number of ether oxygens (including phenoxy) is 1. The van der Waals surface area contributed by atoms with Crippen molar-refractivity contribution < 1.29 is 9.53 Å². The number of amides is 1. The minimum Gasteiger partial charge on any atom is -0.364 e. The van der Waals surface area contributed by atoms with E-state index in [4.69, 9.17) is 4.74 Å². The second kappa shape index (κ2) is 4.49. The van der Waals surface area contributed by atoms with Gasteiger partial charge in [-0.1, -0.05) is 0 Å². The average Bonchev–Trinajstić information content (AvgIpc) is 2.24. The van der Waals surface area contributed by atoms with Crippen LogP contribution in [0.1, 0.15) is 26.7 Å². The van der Waals surface area contributed by atoms with Gasteiger partial charge >= 0.3 is 0 Å². The van der Waals surface area contributed by atoms with E-state index in [1.165, 1.54) is 0 Å². The zero-order valence-electron chi connectivity index (χ0n) is 9.53. The number of carbonyl (C=O) groups is 1. The van der Waals surface area contributed by atoms with Crippen molar-refractivity contribution in [3.63, 3.8) is 0 Å². The third-order valence-electron chi connectivity index (χ3n) is 3.27. The highest BCUT2D eigenvalue weighted by Gasteiger charge is 2.34. The van der Waals surface area contributed by atoms with Gasteiger partial charge in [-0.3, -0.25) is 4.79 Å². The maximum atomic E-state index is 12.0. The van der Waals surface area contributed by atoms with E-state index in [1.807, 2.05) is 18.7 Å². The highest BCUT2D eigenvalue weighted by atomic mass is 16.5. The summed E-state index contributed by atoms with van der Waals surface area (Å²) in [5.41, 5.74) is 0. The summed E-state index contributed by atoms with van der Waals surface area (Å²) in [6.45, 7) is 6.70. The fourth-order valence-electron chi connectivity index (χ4n) is 2.50. The van der Waals surface area contributed by atoms with Gasteiger partial charge in [0.2, 0.25) is 0 Å². The van der Waals surface area contributed by atoms with Crippen LogP contribution in [-0.2, 0) is 9.53 Å². The molecule has 0 saturated carbocycles. The first-order chi connectivity index (χ1) is 7.18. The quantitative estimate of drug-likeness (QED) is 0.683. The Morgan fingerprint density at radius 3 is 2.67 bits per heavy atom. The van der Waals surface area contributed by atoms with Gasteiger partial charge in [-0.2, -0.15) is 0 Å². The van der Waals surface area contributed by atoms with Crippen LogP contribution >= 0.6 is 0 Å². The molecule has 2 unspecified atom stereocenters. The van der Waals surface area contributed by atoms with Gasteiger partial charge in [0, 0.05) is 12.6 Å². The van der Waals surface area contributed by atoms with Crippen LogP contribution in [-0.4, -0.2) is 48.7 Å². The Bertz CT molecular complexity index is 239. The van der Waals surface area contributed by atoms with E-state index >= 15 is 0 Å². The van der Waals surface area contributed by atoms with Gasteiger partial charge in [-0.05, 0) is 39.8 Å². The zero-order valence-corrected chi connectivity index (χ0v) is 9.53. The third-order valence-corrected chi connectivity index (χ3v) is 3.27. The highest BCUT2D eigenvalue weighted by molar-refractivity contribution is 5.81. The second-order valence-electron chi connectivity index (χ2n) is 4.56. The van der Waals surface area contributed by atoms with Gasteiger partial charge in [-0.25, -0.2) is 0 Å². The van der Waals surface area contributed by atoms with E-state index in [1.54, 1.807) is 0 Å². The molecule has 0 spiro atoms. The summed E-state index contributed by atoms with van der Waals surface area (Å²) in [4.78, 5) is 14.0. The molecule has 2 aliphatic heterocycles. The zero-order chi connectivity index (χ0) is 10.8. The van der Waals surface area contributed by atoms with Gasteiger partial charge in [0.1, 0.15) is 6.10 Å². The molecular formula is C11H20N2O2. The van der Waals surface area contributed by atoms with Crippen LogP contribution in [0, 0.1) is 0 Å². The van der Waals surface area contributed by atoms with E-state index in [0.717, 1.165) is 32.5 Å². The number of piperidine rings is 1. The molecule has 2 fully saturated rings. The molecule has 0 aliphatic carbocycles. The maximum absolute atomic E-state index is 12.0. The van der Waals surface area contributed by atoms with E-state index < -0.39 is 0 Å². The second-order valence-corrected chi connectivity index (χ2v) is 4.56. The summed E-state index contributed by atoms with van der Waals surface area (Å²) in [6.07, 6.45) is 2.06. The Morgan fingerprint density at radius 1 is 1.33 bits per heavy atom. The van der Waals surface area contributed by atoms with Crippen molar-refractivity contribution in [1.29, 1.82) is 0 Å². The SMILES string of the molecule is CC1CN(C2CCNCC2)C(=O)C(C)O1. The lowest BCUT2D eigenvalue weighted by Gasteiger charge is -2.41. The molecule has 4 nitrogen and oxygen atoms in total. The van der Waals surface area contributed by atoms with Crippen LogP contribution in [0.15, 0.2) is 0 Å². The standard InChI is InChI=1S/C11H20N2O2/c1-8-7-13(11(14)9(2)15-8)10-3-5-12-6-4-10/h8-10,12H,3-7H2,1-2H3. The minimum atomic E-state index is -0.261. The molecule has 0 aromatic carbocycles. The van der Waals surface area contributed by atoms with Gasteiger partial charge in [0.05, 0.1) is 6.10 Å². The molecule has 2 saturated heterocycles. The van der Waals surface area contributed by atoms with Crippen LogP contribution < -0.4 is 5.32 Å². The van der Waals surface area contributed by atoms with Crippen LogP contribution in [0.5, 0.6) is 0 Å². The summed E-state index contributed by atoms with van der Waals surface area (Å²) in [6, 6.07) is 0.424. The minimum absolute atomic E-state index is 0.167. The molecule has 15 heavy (non-hydrogen) atoms. The van der Waals surface area contributed by atoms with E-state index in [2.05, 4.69) is 5.32 Å². The average molecular weight is 212 g/mol. The Balaban J connectivity index is 2.02. The summed E-state index contributed by atoms with van der Waals surface area (Å²) < 4.78 is 5.51. The fraction of sp³-hybridized carbons (Fsp3) is 0.909. The van der Waals surface area contributed by atoms with Crippen molar-refractivity contribution in [3.05, 3.63) is 0 Å². The largest absolute Gasteiger partial charge is 0.364 e. The Hall–Kier alpha value is -0.610. The number of morpholine rings is 1. The Labute approximate surface area is 91.0 Å². The molecule has 0 radical (unpaired) electrons. The van der Waals surface area contributed by atoms with Crippen LogP contribution in [0.2, 0.25) is 0 Å². The summed E-state index contributed by atoms with van der Waals surface area (Å²) in [5, 5.41) is 3.32. The lowest BCUT2D eigenvalue weighted by molar-refractivity contribution is -0.163. The smallest absolute Gasteiger partial charge is 0.251 e. The lowest BCUT2D eigenvalue weighted by atomic mass is 10.0. The van der Waals surface area contributed by atoms with Crippen LogP contribution in [0.4, 0.5) is 0 Å². The molecule has 86 valence electrons. The van der Waals surface area contributed by atoms with E-state index in [-0.39, 0.29) is 18.1 Å². The van der Waals surface area contributed by atoms with Crippen LogP contribution in [0.25, 0.3) is 0 Å². The predicted molar refractivity (Wildman–Crippen MR) is 57.6 cm³/mol. The number of hydrogen-bond donors (Lipinski definition) is 1. The monoisotopic (exact) mass is 212 g/mol. The van der Waals surface area contributed by atoms with Gasteiger partial charge in [-0.15, -0.1) is 0 Å². The number of nitrogens with one attached hydrogen (secondary N) is 1. The first kappa shape index (κ1) is 10.9.